The zero-order valence-electron chi connectivity index (χ0n) is 12.9. The molecule has 0 fully saturated rings. The van der Waals surface area contributed by atoms with Gasteiger partial charge in [-0.3, -0.25) is 9.59 Å². The van der Waals surface area contributed by atoms with E-state index < -0.39 is 0 Å². The number of hydrogen-bond donors (Lipinski definition) is 3. The summed E-state index contributed by atoms with van der Waals surface area (Å²) in [6.45, 7) is 4.12. The van der Waals surface area contributed by atoms with Crippen LogP contribution >= 0.6 is 23.7 Å². The van der Waals surface area contributed by atoms with Crippen LogP contribution < -0.4 is 16.0 Å². The van der Waals surface area contributed by atoms with Gasteiger partial charge in [-0.2, -0.15) is 0 Å². The third-order valence-electron chi connectivity index (χ3n) is 2.76. The van der Waals surface area contributed by atoms with E-state index in [2.05, 4.69) is 16.0 Å². The summed E-state index contributed by atoms with van der Waals surface area (Å²) in [5.41, 5.74) is 0. The van der Waals surface area contributed by atoms with Crippen LogP contribution in [0, 0.1) is 0 Å². The molecule has 0 aromatic carbocycles. The van der Waals surface area contributed by atoms with Crippen LogP contribution in [0.2, 0.25) is 0 Å². The number of thiophene rings is 1. The highest BCUT2D eigenvalue weighted by atomic mass is 35.5. The van der Waals surface area contributed by atoms with E-state index in [1.54, 1.807) is 7.11 Å². The molecule has 0 spiro atoms. The van der Waals surface area contributed by atoms with Gasteiger partial charge in [-0.1, -0.05) is 6.07 Å². The fraction of sp³-hybridized carbons (Fsp3) is 0.571. The minimum atomic E-state index is -0.260. The number of hydrogen-bond acceptors (Lipinski definition) is 5. The number of rotatable bonds is 10. The van der Waals surface area contributed by atoms with E-state index in [0.29, 0.717) is 19.7 Å². The first-order valence-electron chi connectivity index (χ1n) is 6.90. The van der Waals surface area contributed by atoms with Gasteiger partial charge in [0.05, 0.1) is 19.1 Å². The molecule has 1 atom stereocenters. The minimum Gasteiger partial charge on any atom is -0.383 e. The van der Waals surface area contributed by atoms with Gasteiger partial charge < -0.3 is 20.7 Å². The lowest BCUT2D eigenvalue weighted by Gasteiger charge is -2.16. The van der Waals surface area contributed by atoms with E-state index in [-0.39, 0.29) is 36.7 Å². The summed E-state index contributed by atoms with van der Waals surface area (Å²) in [5, 5.41) is 10.7. The van der Waals surface area contributed by atoms with Crippen LogP contribution in [-0.2, 0) is 14.3 Å². The van der Waals surface area contributed by atoms with Crippen molar-refractivity contribution in [1.82, 2.24) is 16.0 Å². The largest absolute Gasteiger partial charge is 0.383 e. The Labute approximate surface area is 141 Å². The summed E-state index contributed by atoms with van der Waals surface area (Å²) < 4.78 is 4.91. The van der Waals surface area contributed by atoms with Crippen molar-refractivity contribution in [1.29, 1.82) is 0 Å². The van der Waals surface area contributed by atoms with Crippen molar-refractivity contribution in [3.63, 3.8) is 0 Å². The Morgan fingerprint density at radius 3 is 2.68 bits per heavy atom. The van der Waals surface area contributed by atoms with Gasteiger partial charge in [0.25, 0.3) is 0 Å². The smallest absolute Gasteiger partial charge is 0.222 e. The van der Waals surface area contributed by atoms with E-state index in [4.69, 9.17) is 4.74 Å². The molecule has 1 rings (SSSR count). The Bertz CT molecular complexity index is 429. The van der Waals surface area contributed by atoms with Crippen molar-refractivity contribution in [2.75, 3.05) is 33.4 Å². The third kappa shape index (κ3) is 8.99. The van der Waals surface area contributed by atoms with Crippen molar-refractivity contribution < 1.29 is 14.3 Å². The fourth-order valence-electron chi connectivity index (χ4n) is 1.80. The van der Waals surface area contributed by atoms with Crippen LogP contribution in [0.5, 0.6) is 0 Å². The third-order valence-corrected chi connectivity index (χ3v) is 3.75. The molecule has 6 nitrogen and oxygen atoms in total. The second-order valence-electron chi connectivity index (χ2n) is 4.57. The van der Waals surface area contributed by atoms with Gasteiger partial charge in [-0.05, 0) is 11.4 Å². The number of amides is 2. The van der Waals surface area contributed by atoms with Crippen LogP contribution in [0.25, 0.3) is 0 Å². The minimum absolute atomic E-state index is 0. The normalized spacial score (nSPS) is 11.4. The highest BCUT2D eigenvalue weighted by Crippen LogP contribution is 2.21. The van der Waals surface area contributed by atoms with Crippen LogP contribution in [-0.4, -0.2) is 45.2 Å². The first-order chi connectivity index (χ1) is 10.1. The summed E-state index contributed by atoms with van der Waals surface area (Å²) in [6, 6.07) is 3.57. The molecule has 126 valence electrons. The average Bonchev–Trinajstić information content (AvgIpc) is 2.95. The zero-order valence-corrected chi connectivity index (χ0v) is 14.5. The van der Waals surface area contributed by atoms with Crippen LogP contribution in [0.15, 0.2) is 17.5 Å². The summed E-state index contributed by atoms with van der Waals surface area (Å²) in [4.78, 5) is 24.1. The molecule has 3 N–H and O–H groups in total. The molecule has 0 aliphatic heterocycles. The Morgan fingerprint density at radius 1 is 1.32 bits per heavy atom. The molecule has 1 aromatic heterocycles. The number of nitrogens with one attached hydrogen (secondary N) is 3. The average molecular weight is 350 g/mol. The van der Waals surface area contributed by atoms with Crippen molar-refractivity contribution in [3.05, 3.63) is 22.4 Å². The molecule has 8 heteroatoms. The summed E-state index contributed by atoms with van der Waals surface area (Å²) >= 11 is 1.53. The lowest BCUT2D eigenvalue weighted by Crippen LogP contribution is -2.36. The van der Waals surface area contributed by atoms with Crippen molar-refractivity contribution in [2.24, 2.45) is 0 Å². The van der Waals surface area contributed by atoms with Gasteiger partial charge >= 0.3 is 0 Å². The molecule has 0 aliphatic carbocycles. The molecule has 1 unspecified atom stereocenters. The van der Waals surface area contributed by atoms with E-state index in [1.165, 1.54) is 18.3 Å². The predicted molar refractivity (Wildman–Crippen MR) is 90.5 cm³/mol. The maximum Gasteiger partial charge on any atom is 0.222 e. The van der Waals surface area contributed by atoms with Crippen LogP contribution in [0.1, 0.15) is 24.3 Å². The van der Waals surface area contributed by atoms with Gasteiger partial charge in [-0.25, -0.2) is 0 Å². The van der Waals surface area contributed by atoms with Gasteiger partial charge in [-0.15, -0.1) is 23.7 Å². The molecule has 0 radical (unpaired) electrons. The molecule has 0 saturated carbocycles. The second-order valence-corrected chi connectivity index (χ2v) is 5.54. The number of methoxy groups -OCH3 is 1. The number of ether oxygens (including phenoxy) is 1. The second kappa shape index (κ2) is 12.4. The molecule has 1 aromatic rings. The first kappa shape index (κ1) is 20.9. The Hall–Kier alpha value is -1.15. The molecule has 0 aliphatic rings. The molecule has 2 amide bonds. The SMILES string of the molecule is COCCNCCNC(=O)CC(NC(C)=O)c1cccs1.Cl. The van der Waals surface area contributed by atoms with Crippen molar-refractivity contribution in [3.8, 4) is 0 Å². The highest BCUT2D eigenvalue weighted by molar-refractivity contribution is 7.10. The van der Waals surface area contributed by atoms with E-state index in [1.807, 2.05) is 17.5 Å². The van der Waals surface area contributed by atoms with Gasteiger partial charge in [0.2, 0.25) is 11.8 Å². The van der Waals surface area contributed by atoms with E-state index in [9.17, 15) is 9.59 Å². The molecule has 1 heterocycles. The van der Waals surface area contributed by atoms with Crippen molar-refractivity contribution in [2.45, 2.75) is 19.4 Å². The Balaban J connectivity index is 0.00000441. The predicted octanol–water partition coefficient (Wildman–Crippen LogP) is 1.09. The van der Waals surface area contributed by atoms with Crippen LogP contribution in [0.4, 0.5) is 0 Å². The number of carbonyl (C=O) groups excluding carboxylic acids is 2. The Kier molecular flexibility index (Phi) is 11.8. The number of halogens is 1. The molecule has 0 bridgehead atoms. The van der Waals surface area contributed by atoms with E-state index >= 15 is 0 Å². The Morgan fingerprint density at radius 2 is 2.09 bits per heavy atom. The first-order valence-corrected chi connectivity index (χ1v) is 7.78. The maximum absolute atomic E-state index is 11.9. The van der Waals surface area contributed by atoms with Gasteiger partial charge in [0.1, 0.15) is 0 Å². The van der Waals surface area contributed by atoms with E-state index in [0.717, 1.165) is 11.4 Å². The van der Waals surface area contributed by atoms with Gasteiger partial charge in [0.15, 0.2) is 0 Å². The van der Waals surface area contributed by atoms with Crippen LogP contribution in [0.3, 0.4) is 0 Å². The zero-order chi connectivity index (χ0) is 15.5. The monoisotopic (exact) mass is 349 g/mol. The summed E-state index contributed by atoms with van der Waals surface area (Å²) in [7, 11) is 1.65. The molecular weight excluding hydrogens is 326 g/mol. The summed E-state index contributed by atoms with van der Waals surface area (Å²) in [6.07, 6.45) is 0.248. The molecule has 22 heavy (non-hydrogen) atoms. The fourth-order valence-corrected chi connectivity index (χ4v) is 2.58. The summed E-state index contributed by atoms with van der Waals surface area (Å²) in [5.74, 6) is -0.210. The molecule has 0 saturated heterocycles. The highest BCUT2D eigenvalue weighted by Gasteiger charge is 2.17. The topological polar surface area (TPSA) is 79.5 Å². The lowest BCUT2D eigenvalue weighted by atomic mass is 10.1. The van der Waals surface area contributed by atoms with Crippen molar-refractivity contribution >= 4 is 35.6 Å². The standard InChI is InChI=1S/C14H23N3O3S.ClH/c1-11(18)17-12(13-4-3-9-21-13)10-14(19)16-6-5-15-7-8-20-2;/h3-4,9,12,15H,5-8,10H2,1-2H3,(H,16,19)(H,17,18);1H. The van der Waals surface area contributed by atoms with Gasteiger partial charge in [0, 0.05) is 38.5 Å². The number of carbonyl (C=O) groups is 2. The molecular formula is C14H24ClN3O3S. The quantitative estimate of drug-likeness (QED) is 0.552. The maximum atomic E-state index is 11.9. The lowest BCUT2D eigenvalue weighted by molar-refractivity contribution is -0.122.